The molecule has 2 aromatic carbocycles. The van der Waals surface area contributed by atoms with Gasteiger partial charge in [-0.15, -0.1) is 0 Å². The zero-order valence-corrected chi connectivity index (χ0v) is 14.2. The van der Waals surface area contributed by atoms with E-state index in [0.29, 0.717) is 16.5 Å². The number of nitrogens with one attached hydrogen (secondary N) is 2. The van der Waals surface area contributed by atoms with Crippen molar-refractivity contribution in [3.8, 4) is 5.75 Å². The first kappa shape index (κ1) is 17.0. The summed E-state index contributed by atoms with van der Waals surface area (Å²) < 4.78 is 5.91. The van der Waals surface area contributed by atoms with E-state index >= 15 is 0 Å². The summed E-state index contributed by atoms with van der Waals surface area (Å²) in [5.74, 6) is 0.108. The van der Waals surface area contributed by atoms with Gasteiger partial charge in [0.2, 0.25) is 5.91 Å². The van der Waals surface area contributed by atoms with Crippen molar-refractivity contribution in [2.75, 3.05) is 7.11 Å². The Kier molecular flexibility index (Phi) is 6.17. The second-order valence-corrected chi connectivity index (χ2v) is 5.65. The summed E-state index contributed by atoms with van der Waals surface area (Å²) in [4.78, 5) is 23.8. The Morgan fingerprint density at radius 2 is 1.74 bits per heavy atom. The first-order chi connectivity index (χ1) is 11.1. The van der Waals surface area contributed by atoms with Gasteiger partial charge in [0.1, 0.15) is 5.75 Å². The Balaban J connectivity index is 1.84. The number of aryl methyl sites for hydroxylation is 1. The highest BCUT2D eigenvalue weighted by Crippen LogP contribution is 2.18. The molecule has 5 nitrogen and oxygen atoms in total. The van der Waals surface area contributed by atoms with Crippen molar-refractivity contribution in [2.45, 2.75) is 12.8 Å². The Morgan fingerprint density at radius 1 is 1.04 bits per heavy atom. The Morgan fingerprint density at radius 3 is 2.48 bits per heavy atom. The molecule has 0 fully saturated rings. The molecule has 0 atom stereocenters. The molecule has 0 unspecified atom stereocenters. The maximum atomic E-state index is 12.0. The fourth-order valence-corrected chi connectivity index (χ4v) is 2.52. The summed E-state index contributed by atoms with van der Waals surface area (Å²) >= 11 is 3.29. The zero-order chi connectivity index (χ0) is 16.7. The minimum Gasteiger partial charge on any atom is -0.496 e. The molecule has 2 aromatic rings. The topological polar surface area (TPSA) is 67.4 Å². The van der Waals surface area contributed by atoms with Gasteiger partial charge < -0.3 is 4.74 Å². The monoisotopic (exact) mass is 376 g/mol. The van der Waals surface area contributed by atoms with Gasteiger partial charge in [-0.05, 0) is 46.1 Å². The Labute approximate surface area is 143 Å². The van der Waals surface area contributed by atoms with Crippen LogP contribution >= 0.6 is 15.9 Å². The van der Waals surface area contributed by atoms with Crippen LogP contribution < -0.4 is 15.6 Å². The van der Waals surface area contributed by atoms with Gasteiger partial charge in [-0.2, -0.15) is 0 Å². The van der Waals surface area contributed by atoms with Crippen molar-refractivity contribution >= 4 is 27.7 Å². The number of para-hydroxylation sites is 1. The van der Waals surface area contributed by atoms with Gasteiger partial charge in [-0.3, -0.25) is 20.4 Å². The highest BCUT2D eigenvalue weighted by Gasteiger charge is 2.11. The maximum Gasteiger partial charge on any atom is 0.270 e. The van der Waals surface area contributed by atoms with Gasteiger partial charge in [0.05, 0.1) is 12.7 Å². The van der Waals surface area contributed by atoms with Crippen molar-refractivity contribution in [1.82, 2.24) is 10.9 Å². The lowest BCUT2D eigenvalue weighted by molar-refractivity contribution is -0.121. The van der Waals surface area contributed by atoms with Crippen LogP contribution in [0.2, 0.25) is 0 Å². The number of benzene rings is 2. The smallest absolute Gasteiger partial charge is 0.270 e. The summed E-state index contributed by atoms with van der Waals surface area (Å²) in [7, 11) is 1.59. The van der Waals surface area contributed by atoms with Crippen LogP contribution in [-0.2, 0) is 11.2 Å². The molecule has 0 aliphatic rings. The van der Waals surface area contributed by atoms with Crippen LogP contribution in [0.25, 0.3) is 0 Å². The molecular formula is C17H17BrN2O3. The number of rotatable bonds is 5. The van der Waals surface area contributed by atoms with Crippen molar-refractivity contribution in [1.29, 1.82) is 0 Å². The first-order valence-electron chi connectivity index (χ1n) is 7.07. The molecule has 0 saturated carbocycles. The van der Waals surface area contributed by atoms with Crippen LogP contribution in [0.5, 0.6) is 5.75 Å². The normalized spacial score (nSPS) is 10.0. The number of hydrogen-bond acceptors (Lipinski definition) is 3. The summed E-state index contributed by atoms with van der Waals surface area (Å²) in [5, 5.41) is 0. The number of hydrogen-bond donors (Lipinski definition) is 2. The summed E-state index contributed by atoms with van der Waals surface area (Å²) in [5.41, 5.74) is 6.22. The van der Waals surface area contributed by atoms with Gasteiger partial charge in [0.15, 0.2) is 0 Å². The second kappa shape index (κ2) is 8.33. The van der Waals surface area contributed by atoms with Crippen molar-refractivity contribution < 1.29 is 14.3 Å². The molecule has 0 saturated heterocycles. The van der Waals surface area contributed by atoms with Crippen LogP contribution in [0.4, 0.5) is 0 Å². The number of halogens is 1. The molecule has 6 heteroatoms. The van der Waals surface area contributed by atoms with E-state index in [1.54, 1.807) is 25.3 Å². The third-order valence-corrected chi connectivity index (χ3v) is 3.94. The molecule has 2 N–H and O–H groups in total. The largest absolute Gasteiger partial charge is 0.496 e. The SMILES string of the molecule is COc1ccccc1CCC(=O)NNC(=O)c1ccccc1Br. The molecular weight excluding hydrogens is 360 g/mol. The molecule has 0 aliphatic heterocycles. The molecule has 120 valence electrons. The zero-order valence-electron chi connectivity index (χ0n) is 12.6. The number of hydrazine groups is 1. The second-order valence-electron chi connectivity index (χ2n) is 4.79. The third-order valence-electron chi connectivity index (χ3n) is 3.25. The van der Waals surface area contributed by atoms with Crippen molar-refractivity contribution in [2.24, 2.45) is 0 Å². The molecule has 0 heterocycles. The number of carbonyl (C=O) groups is 2. The maximum absolute atomic E-state index is 12.0. The molecule has 0 radical (unpaired) electrons. The number of methoxy groups -OCH3 is 1. The molecule has 0 aromatic heterocycles. The van der Waals surface area contributed by atoms with E-state index < -0.39 is 0 Å². The Hall–Kier alpha value is -2.34. The third kappa shape index (κ3) is 4.82. The Bertz CT molecular complexity index is 704. The summed E-state index contributed by atoms with van der Waals surface area (Å²) in [6.07, 6.45) is 0.775. The van der Waals surface area contributed by atoms with Crippen LogP contribution in [-0.4, -0.2) is 18.9 Å². The lowest BCUT2D eigenvalue weighted by Crippen LogP contribution is -2.41. The van der Waals surface area contributed by atoms with Gasteiger partial charge in [-0.25, -0.2) is 0 Å². The highest BCUT2D eigenvalue weighted by molar-refractivity contribution is 9.10. The molecule has 0 aliphatic carbocycles. The van der Waals surface area contributed by atoms with Crippen LogP contribution in [0.15, 0.2) is 53.0 Å². The van der Waals surface area contributed by atoms with Crippen LogP contribution in [0, 0.1) is 0 Å². The predicted octanol–water partition coefficient (Wildman–Crippen LogP) is 2.85. The minimum atomic E-state index is -0.372. The van der Waals surface area contributed by atoms with Crippen LogP contribution in [0.1, 0.15) is 22.3 Å². The molecule has 0 bridgehead atoms. The molecule has 0 spiro atoms. The van der Waals surface area contributed by atoms with E-state index in [1.165, 1.54) is 0 Å². The average Bonchev–Trinajstić information content (AvgIpc) is 2.58. The van der Waals surface area contributed by atoms with Gasteiger partial charge in [-0.1, -0.05) is 30.3 Å². The lowest BCUT2D eigenvalue weighted by atomic mass is 10.1. The quantitative estimate of drug-likeness (QED) is 0.788. The first-order valence-corrected chi connectivity index (χ1v) is 7.86. The van der Waals surface area contributed by atoms with Gasteiger partial charge >= 0.3 is 0 Å². The van der Waals surface area contributed by atoms with E-state index in [4.69, 9.17) is 4.74 Å². The van der Waals surface area contributed by atoms with Crippen molar-refractivity contribution in [3.05, 3.63) is 64.1 Å². The van der Waals surface area contributed by atoms with Crippen molar-refractivity contribution in [3.63, 3.8) is 0 Å². The number of carbonyl (C=O) groups excluding carboxylic acids is 2. The standard InChI is InChI=1S/C17H17BrN2O3/c1-23-15-9-5-2-6-12(15)10-11-16(21)19-20-17(22)13-7-3-4-8-14(13)18/h2-9H,10-11H2,1H3,(H,19,21)(H,20,22). The number of ether oxygens (including phenoxy) is 1. The van der Waals surface area contributed by atoms with E-state index in [-0.39, 0.29) is 18.2 Å². The molecule has 2 amide bonds. The fourth-order valence-electron chi connectivity index (χ4n) is 2.06. The lowest BCUT2D eigenvalue weighted by Gasteiger charge is -2.10. The summed E-state index contributed by atoms with van der Waals surface area (Å²) in [6.45, 7) is 0. The summed E-state index contributed by atoms with van der Waals surface area (Å²) in [6, 6.07) is 14.5. The highest BCUT2D eigenvalue weighted by atomic mass is 79.9. The predicted molar refractivity (Wildman–Crippen MR) is 91.1 cm³/mol. The van der Waals surface area contributed by atoms with Gasteiger partial charge in [0, 0.05) is 10.9 Å². The molecule has 2 rings (SSSR count). The minimum absolute atomic E-state index is 0.247. The van der Waals surface area contributed by atoms with E-state index in [1.807, 2.05) is 30.3 Å². The van der Waals surface area contributed by atoms with E-state index in [9.17, 15) is 9.59 Å². The average molecular weight is 377 g/mol. The fraction of sp³-hybridized carbons (Fsp3) is 0.176. The number of amides is 2. The molecule has 23 heavy (non-hydrogen) atoms. The van der Waals surface area contributed by atoms with Gasteiger partial charge in [0.25, 0.3) is 5.91 Å². The van der Waals surface area contributed by atoms with E-state index in [0.717, 1.165) is 11.3 Å². The van der Waals surface area contributed by atoms with Crippen LogP contribution in [0.3, 0.4) is 0 Å². The van der Waals surface area contributed by atoms with E-state index in [2.05, 4.69) is 26.8 Å².